The molecule has 3 aromatic rings. The van der Waals surface area contributed by atoms with E-state index in [1.165, 1.54) is 0 Å². The largest absolute Gasteiger partial charge is 0.337 e. The van der Waals surface area contributed by atoms with Gasteiger partial charge in [-0.25, -0.2) is 4.98 Å². The second kappa shape index (κ2) is 8.21. The number of pyridine rings is 1. The summed E-state index contributed by atoms with van der Waals surface area (Å²) in [7, 11) is 0. The fourth-order valence-corrected chi connectivity index (χ4v) is 3.85. The lowest BCUT2D eigenvalue weighted by Crippen LogP contribution is -2.37. The molecule has 1 saturated heterocycles. The van der Waals surface area contributed by atoms with E-state index in [-0.39, 0.29) is 11.8 Å². The summed E-state index contributed by atoms with van der Waals surface area (Å²) in [6, 6.07) is 16.7. The fourth-order valence-electron chi connectivity index (χ4n) is 3.70. The standard InChI is InChI=1S/C23H22ClN3O2/c1-16-4-2-5-18(14-16)22(28)26-10-3-11-27(13-12-26)23(29)19-6-8-20-17(15-19)7-9-21(24)25-20/h2,4-9,14-15H,3,10-13H2,1H3. The minimum atomic E-state index is -0.0216. The molecule has 1 fully saturated rings. The van der Waals surface area contributed by atoms with Crippen molar-refractivity contribution in [2.45, 2.75) is 13.3 Å². The molecule has 0 saturated carbocycles. The third kappa shape index (κ3) is 4.25. The van der Waals surface area contributed by atoms with Crippen molar-refractivity contribution in [2.24, 2.45) is 0 Å². The van der Waals surface area contributed by atoms with Crippen LogP contribution in [0.3, 0.4) is 0 Å². The molecular formula is C23H22ClN3O2. The van der Waals surface area contributed by atoms with Gasteiger partial charge in [0.25, 0.3) is 11.8 Å². The number of halogens is 1. The molecule has 0 bridgehead atoms. The number of carbonyl (C=O) groups is 2. The molecule has 4 rings (SSSR count). The summed E-state index contributed by atoms with van der Waals surface area (Å²) in [6.07, 6.45) is 0.758. The summed E-state index contributed by atoms with van der Waals surface area (Å²) in [5.41, 5.74) is 3.15. The van der Waals surface area contributed by atoms with Crippen molar-refractivity contribution in [3.63, 3.8) is 0 Å². The highest BCUT2D eigenvalue weighted by Crippen LogP contribution is 2.19. The Bertz CT molecular complexity index is 1080. The van der Waals surface area contributed by atoms with Gasteiger partial charge in [0.1, 0.15) is 5.15 Å². The van der Waals surface area contributed by atoms with Crippen LogP contribution >= 0.6 is 11.6 Å². The van der Waals surface area contributed by atoms with Crippen LogP contribution in [-0.4, -0.2) is 52.8 Å². The van der Waals surface area contributed by atoms with Crippen LogP contribution in [0, 0.1) is 6.92 Å². The highest BCUT2D eigenvalue weighted by molar-refractivity contribution is 6.29. The summed E-state index contributed by atoms with van der Waals surface area (Å²) >= 11 is 5.93. The van der Waals surface area contributed by atoms with Crippen molar-refractivity contribution in [1.29, 1.82) is 0 Å². The van der Waals surface area contributed by atoms with Gasteiger partial charge in [-0.15, -0.1) is 0 Å². The molecular weight excluding hydrogens is 386 g/mol. The van der Waals surface area contributed by atoms with Crippen LogP contribution in [0.2, 0.25) is 5.15 Å². The first kappa shape index (κ1) is 19.4. The third-order valence-electron chi connectivity index (χ3n) is 5.24. The van der Waals surface area contributed by atoms with E-state index >= 15 is 0 Å². The minimum absolute atomic E-state index is 0.0216. The number of hydrogen-bond donors (Lipinski definition) is 0. The lowest BCUT2D eigenvalue weighted by Gasteiger charge is -2.22. The predicted octanol–water partition coefficient (Wildman–Crippen LogP) is 4.18. The van der Waals surface area contributed by atoms with E-state index in [2.05, 4.69) is 4.98 Å². The molecule has 2 aromatic carbocycles. The maximum Gasteiger partial charge on any atom is 0.253 e. The number of nitrogens with zero attached hydrogens (tertiary/aromatic N) is 3. The highest BCUT2D eigenvalue weighted by atomic mass is 35.5. The van der Waals surface area contributed by atoms with Gasteiger partial charge in [-0.1, -0.05) is 29.3 Å². The number of fused-ring (bicyclic) bond motifs is 1. The molecule has 5 nitrogen and oxygen atoms in total. The minimum Gasteiger partial charge on any atom is -0.337 e. The number of aryl methyl sites for hydroxylation is 1. The van der Waals surface area contributed by atoms with Crippen LogP contribution in [-0.2, 0) is 0 Å². The van der Waals surface area contributed by atoms with Crippen LogP contribution < -0.4 is 0 Å². The average molecular weight is 408 g/mol. The van der Waals surface area contributed by atoms with E-state index in [0.29, 0.717) is 42.5 Å². The third-order valence-corrected chi connectivity index (χ3v) is 5.45. The van der Waals surface area contributed by atoms with E-state index in [1.807, 2.05) is 59.2 Å². The zero-order chi connectivity index (χ0) is 20.4. The normalized spacial score (nSPS) is 14.7. The van der Waals surface area contributed by atoms with Gasteiger partial charge in [0.2, 0.25) is 0 Å². The molecule has 2 heterocycles. The zero-order valence-corrected chi connectivity index (χ0v) is 17.0. The monoisotopic (exact) mass is 407 g/mol. The molecule has 0 N–H and O–H groups in total. The average Bonchev–Trinajstić information content (AvgIpc) is 2.98. The summed E-state index contributed by atoms with van der Waals surface area (Å²) in [5.74, 6) is 0.00311. The van der Waals surface area contributed by atoms with Crippen LogP contribution in [0.4, 0.5) is 0 Å². The number of rotatable bonds is 2. The summed E-state index contributed by atoms with van der Waals surface area (Å²) in [6.45, 7) is 4.31. The molecule has 148 valence electrons. The molecule has 1 aliphatic rings. The van der Waals surface area contributed by atoms with Crippen LogP contribution in [0.1, 0.15) is 32.7 Å². The first-order valence-corrected chi connectivity index (χ1v) is 10.1. The summed E-state index contributed by atoms with van der Waals surface area (Å²) in [5, 5.41) is 1.31. The number of amides is 2. The van der Waals surface area contributed by atoms with Crippen molar-refractivity contribution in [2.75, 3.05) is 26.2 Å². The fraction of sp³-hybridized carbons (Fsp3) is 0.261. The van der Waals surface area contributed by atoms with Crippen molar-refractivity contribution in [3.05, 3.63) is 76.4 Å². The summed E-state index contributed by atoms with van der Waals surface area (Å²) in [4.78, 5) is 33.8. The number of hydrogen-bond acceptors (Lipinski definition) is 3. The van der Waals surface area contributed by atoms with Crippen molar-refractivity contribution in [1.82, 2.24) is 14.8 Å². The van der Waals surface area contributed by atoms with Gasteiger partial charge in [0.15, 0.2) is 0 Å². The molecule has 6 heteroatoms. The van der Waals surface area contributed by atoms with Gasteiger partial charge < -0.3 is 9.80 Å². The Morgan fingerprint density at radius 3 is 2.24 bits per heavy atom. The quantitative estimate of drug-likeness (QED) is 0.598. The van der Waals surface area contributed by atoms with Gasteiger partial charge in [0.05, 0.1) is 5.52 Å². The number of carbonyl (C=O) groups excluding carboxylic acids is 2. The maximum absolute atomic E-state index is 13.0. The zero-order valence-electron chi connectivity index (χ0n) is 16.3. The Labute approximate surface area is 174 Å². The first-order valence-electron chi connectivity index (χ1n) is 9.73. The second-order valence-electron chi connectivity index (χ2n) is 7.35. The highest BCUT2D eigenvalue weighted by Gasteiger charge is 2.23. The smallest absolute Gasteiger partial charge is 0.253 e. The van der Waals surface area contributed by atoms with Crippen molar-refractivity contribution >= 4 is 34.3 Å². The lowest BCUT2D eigenvalue weighted by atomic mass is 10.1. The van der Waals surface area contributed by atoms with Crippen LogP contribution in [0.15, 0.2) is 54.6 Å². The molecule has 29 heavy (non-hydrogen) atoms. The van der Waals surface area contributed by atoms with Crippen molar-refractivity contribution in [3.8, 4) is 0 Å². The van der Waals surface area contributed by atoms with E-state index < -0.39 is 0 Å². The Morgan fingerprint density at radius 2 is 1.55 bits per heavy atom. The topological polar surface area (TPSA) is 53.5 Å². The Balaban J connectivity index is 1.47. The first-order chi connectivity index (χ1) is 14.0. The molecule has 1 aromatic heterocycles. The molecule has 0 unspecified atom stereocenters. The van der Waals surface area contributed by atoms with E-state index in [9.17, 15) is 9.59 Å². The molecule has 0 radical (unpaired) electrons. The Kier molecular flexibility index (Phi) is 5.49. The maximum atomic E-state index is 13.0. The van der Waals surface area contributed by atoms with Gasteiger partial charge >= 0.3 is 0 Å². The summed E-state index contributed by atoms with van der Waals surface area (Å²) < 4.78 is 0. The molecule has 2 amide bonds. The van der Waals surface area contributed by atoms with Gasteiger partial charge in [-0.2, -0.15) is 0 Å². The van der Waals surface area contributed by atoms with Gasteiger partial charge in [-0.05, 0) is 55.8 Å². The SMILES string of the molecule is Cc1cccc(C(=O)N2CCCN(C(=O)c3ccc4nc(Cl)ccc4c3)CC2)c1. The van der Waals surface area contributed by atoms with Gasteiger partial charge in [0, 0.05) is 42.7 Å². The number of benzene rings is 2. The van der Waals surface area contributed by atoms with E-state index in [1.54, 1.807) is 12.1 Å². The Hall–Kier alpha value is -2.92. The molecule has 0 aliphatic carbocycles. The lowest BCUT2D eigenvalue weighted by molar-refractivity contribution is 0.0719. The second-order valence-corrected chi connectivity index (χ2v) is 7.74. The van der Waals surface area contributed by atoms with E-state index in [4.69, 9.17) is 11.6 Å². The molecule has 1 aliphatic heterocycles. The number of aromatic nitrogens is 1. The predicted molar refractivity (Wildman–Crippen MR) is 114 cm³/mol. The molecule has 0 atom stereocenters. The van der Waals surface area contributed by atoms with Gasteiger partial charge in [-0.3, -0.25) is 9.59 Å². The van der Waals surface area contributed by atoms with Crippen molar-refractivity contribution < 1.29 is 9.59 Å². The molecule has 0 spiro atoms. The Morgan fingerprint density at radius 1 is 0.862 bits per heavy atom. The van der Waals surface area contributed by atoms with E-state index in [0.717, 1.165) is 22.9 Å². The van der Waals surface area contributed by atoms with Crippen LogP contribution in [0.25, 0.3) is 10.9 Å². The van der Waals surface area contributed by atoms with Crippen LogP contribution in [0.5, 0.6) is 0 Å².